The standard InChI is InChI=1S/C17H26N2O5S/c1-7-9-18-16(22)19-13-11(14(20)23-8-2)10(3)12(25-13)15(21)24-17(4,5)6/h7-9H2,1-6H3,(H2,18,19,22). The van der Waals surface area contributed by atoms with Gasteiger partial charge in [-0.3, -0.25) is 5.32 Å². The molecule has 0 saturated carbocycles. The van der Waals surface area contributed by atoms with Gasteiger partial charge in [-0.25, -0.2) is 14.4 Å². The molecule has 140 valence electrons. The van der Waals surface area contributed by atoms with Crippen molar-refractivity contribution in [3.8, 4) is 0 Å². The molecule has 0 bridgehead atoms. The second-order valence-corrected chi connectivity index (χ2v) is 7.38. The second kappa shape index (κ2) is 8.84. The van der Waals surface area contributed by atoms with Crippen LogP contribution in [0, 0.1) is 6.92 Å². The van der Waals surface area contributed by atoms with E-state index in [4.69, 9.17) is 9.47 Å². The largest absolute Gasteiger partial charge is 0.462 e. The van der Waals surface area contributed by atoms with E-state index in [0.717, 1.165) is 17.8 Å². The highest BCUT2D eigenvalue weighted by Gasteiger charge is 2.29. The number of carbonyl (C=O) groups is 3. The molecule has 7 nitrogen and oxygen atoms in total. The lowest BCUT2D eigenvalue weighted by Crippen LogP contribution is -2.29. The first-order valence-electron chi connectivity index (χ1n) is 8.19. The SMILES string of the molecule is CCCNC(=O)Nc1sc(C(=O)OC(C)(C)C)c(C)c1C(=O)OCC. The van der Waals surface area contributed by atoms with E-state index < -0.39 is 23.6 Å². The highest BCUT2D eigenvalue weighted by atomic mass is 32.1. The molecule has 0 atom stereocenters. The van der Waals surface area contributed by atoms with Crippen molar-refractivity contribution in [1.82, 2.24) is 5.32 Å². The Morgan fingerprint density at radius 3 is 2.28 bits per heavy atom. The quantitative estimate of drug-likeness (QED) is 0.744. The van der Waals surface area contributed by atoms with Crippen molar-refractivity contribution in [1.29, 1.82) is 0 Å². The highest BCUT2D eigenvalue weighted by molar-refractivity contribution is 7.18. The van der Waals surface area contributed by atoms with Gasteiger partial charge in [-0.2, -0.15) is 0 Å². The summed E-state index contributed by atoms with van der Waals surface area (Å²) in [6.07, 6.45) is 0.783. The van der Waals surface area contributed by atoms with Gasteiger partial charge >= 0.3 is 18.0 Å². The van der Waals surface area contributed by atoms with Gasteiger partial charge in [0.1, 0.15) is 15.5 Å². The van der Waals surface area contributed by atoms with Crippen molar-refractivity contribution < 1.29 is 23.9 Å². The second-order valence-electron chi connectivity index (χ2n) is 6.36. The Balaban J connectivity index is 3.20. The Bertz CT molecular complexity index is 646. The maximum absolute atomic E-state index is 12.4. The fourth-order valence-electron chi connectivity index (χ4n) is 1.96. The Labute approximate surface area is 152 Å². The molecule has 1 aromatic heterocycles. The summed E-state index contributed by atoms with van der Waals surface area (Å²) in [6, 6.07) is -0.440. The topological polar surface area (TPSA) is 93.7 Å². The molecule has 0 aromatic carbocycles. The third-order valence-corrected chi connectivity index (χ3v) is 4.16. The zero-order valence-corrected chi connectivity index (χ0v) is 16.4. The molecule has 1 aromatic rings. The summed E-state index contributed by atoms with van der Waals surface area (Å²) in [4.78, 5) is 36.9. The van der Waals surface area contributed by atoms with Crippen molar-refractivity contribution in [2.45, 2.75) is 53.6 Å². The molecule has 1 heterocycles. The minimum atomic E-state index is -0.663. The number of hydrogen-bond acceptors (Lipinski definition) is 6. The maximum atomic E-state index is 12.4. The summed E-state index contributed by atoms with van der Waals surface area (Å²) >= 11 is 1.00. The third kappa shape index (κ3) is 6.04. The number of urea groups is 1. The predicted molar refractivity (Wildman–Crippen MR) is 97.5 cm³/mol. The summed E-state index contributed by atoms with van der Waals surface area (Å²) in [5, 5.41) is 5.56. The van der Waals surface area contributed by atoms with Gasteiger partial charge in [-0.15, -0.1) is 11.3 Å². The van der Waals surface area contributed by atoms with Crippen LogP contribution in [0.2, 0.25) is 0 Å². The van der Waals surface area contributed by atoms with E-state index in [1.807, 2.05) is 6.92 Å². The lowest BCUT2D eigenvalue weighted by atomic mass is 10.1. The van der Waals surface area contributed by atoms with Crippen LogP contribution in [-0.4, -0.2) is 36.7 Å². The van der Waals surface area contributed by atoms with Gasteiger partial charge in [-0.05, 0) is 46.6 Å². The molecule has 2 amide bonds. The summed E-state index contributed by atoms with van der Waals surface area (Å²) < 4.78 is 10.4. The fraction of sp³-hybridized carbons (Fsp3) is 0.588. The van der Waals surface area contributed by atoms with Crippen molar-refractivity contribution in [2.75, 3.05) is 18.5 Å². The molecule has 0 fully saturated rings. The molecule has 0 aliphatic heterocycles. The first-order chi connectivity index (χ1) is 11.6. The van der Waals surface area contributed by atoms with E-state index >= 15 is 0 Å². The number of amides is 2. The zero-order valence-electron chi connectivity index (χ0n) is 15.6. The fourth-order valence-corrected chi connectivity index (χ4v) is 3.02. The number of ether oxygens (including phenoxy) is 2. The van der Waals surface area contributed by atoms with Gasteiger partial charge in [0.2, 0.25) is 0 Å². The Morgan fingerprint density at radius 1 is 1.12 bits per heavy atom. The van der Waals surface area contributed by atoms with Gasteiger partial charge in [0.25, 0.3) is 0 Å². The van der Waals surface area contributed by atoms with Crippen molar-refractivity contribution >= 4 is 34.3 Å². The molecular weight excluding hydrogens is 344 g/mol. The third-order valence-electron chi connectivity index (χ3n) is 2.97. The maximum Gasteiger partial charge on any atom is 0.349 e. The smallest absolute Gasteiger partial charge is 0.349 e. The first-order valence-corrected chi connectivity index (χ1v) is 9.01. The summed E-state index contributed by atoms with van der Waals surface area (Å²) in [5.74, 6) is -1.13. The molecule has 0 aliphatic carbocycles. The molecule has 0 spiro atoms. The van der Waals surface area contributed by atoms with Crippen LogP contribution < -0.4 is 10.6 Å². The zero-order chi connectivity index (χ0) is 19.2. The molecule has 25 heavy (non-hydrogen) atoms. The Hall–Kier alpha value is -2.09. The Morgan fingerprint density at radius 2 is 1.76 bits per heavy atom. The average molecular weight is 370 g/mol. The molecule has 0 radical (unpaired) electrons. The van der Waals surface area contributed by atoms with E-state index in [-0.39, 0.29) is 22.0 Å². The number of esters is 2. The van der Waals surface area contributed by atoms with Gasteiger partial charge in [0.15, 0.2) is 0 Å². The first kappa shape index (κ1) is 21.0. The highest BCUT2D eigenvalue weighted by Crippen LogP contribution is 2.35. The van der Waals surface area contributed by atoms with E-state index in [1.165, 1.54) is 0 Å². The van der Waals surface area contributed by atoms with Crippen LogP contribution in [0.5, 0.6) is 0 Å². The molecule has 8 heteroatoms. The number of rotatable bonds is 6. The van der Waals surface area contributed by atoms with Crippen molar-refractivity contribution in [3.63, 3.8) is 0 Å². The van der Waals surface area contributed by atoms with E-state index in [9.17, 15) is 14.4 Å². The minimum absolute atomic E-state index is 0.180. The molecular formula is C17H26N2O5S. The van der Waals surface area contributed by atoms with Gasteiger partial charge < -0.3 is 14.8 Å². The van der Waals surface area contributed by atoms with Crippen LogP contribution in [0.15, 0.2) is 0 Å². The van der Waals surface area contributed by atoms with Gasteiger partial charge in [-0.1, -0.05) is 6.92 Å². The normalized spacial score (nSPS) is 11.0. The summed E-state index contributed by atoms with van der Waals surface area (Å²) in [5.41, 5.74) is -0.0492. The van der Waals surface area contributed by atoms with Crippen LogP contribution in [0.1, 0.15) is 66.6 Å². The average Bonchev–Trinajstić information content (AvgIpc) is 2.80. The van der Waals surface area contributed by atoms with E-state index in [1.54, 1.807) is 34.6 Å². The van der Waals surface area contributed by atoms with Crippen molar-refractivity contribution in [2.24, 2.45) is 0 Å². The number of thiophene rings is 1. The molecule has 0 unspecified atom stereocenters. The predicted octanol–water partition coefficient (Wildman–Crippen LogP) is 3.72. The van der Waals surface area contributed by atoms with Gasteiger partial charge in [0, 0.05) is 6.54 Å². The summed E-state index contributed by atoms with van der Waals surface area (Å²) in [6.45, 7) is 11.2. The molecule has 2 N–H and O–H groups in total. The van der Waals surface area contributed by atoms with Crippen LogP contribution >= 0.6 is 11.3 Å². The molecule has 0 aliphatic rings. The number of nitrogens with one attached hydrogen (secondary N) is 2. The minimum Gasteiger partial charge on any atom is -0.462 e. The molecule has 0 saturated heterocycles. The van der Waals surface area contributed by atoms with Crippen LogP contribution in [0.4, 0.5) is 9.80 Å². The van der Waals surface area contributed by atoms with Crippen LogP contribution in [-0.2, 0) is 9.47 Å². The monoisotopic (exact) mass is 370 g/mol. The van der Waals surface area contributed by atoms with Crippen LogP contribution in [0.3, 0.4) is 0 Å². The number of anilines is 1. The van der Waals surface area contributed by atoms with E-state index in [2.05, 4.69) is 10.6 Å². The van der Waals surface area contributed by atoms with E-state index in [0.29, 0.717) is 12.1 Å². The lowest BCUT2D eigenvalue weighted by Gasteiger charge is -2.19. The number of hydrogen-bond donors (Lipinski definition) is 2. The van der Waals surface area contributed by atoms with Crippen LogP contribution in [0.25, 0.3) is 0 Å². The Kier molecular flexibility index (Phi) is 7.41. The molecule has 1 rings (SSSR count). The summed E-state index contributed by atoms with van der Waals surface area (Å²) in [7, 11) is 0. The van der Waals surface area contributed by atoms with Crippen molar-refractivity contribution in [3.05, 3.63) is 16.0 Å². The number of carbonyl (C=O) groups excluding carboxylic acids is 3. The van der Waals surface area contributed by atoms with Gasteiger partial charge in [0.05, 0.1) is 12.2 Å². The lowest BCUT2D eigenvalue weighted by molar-refractivity contribution is 0.00745.